The van der Waals surface area contributed by atoms with E-state index in [0.29, 0.717) is 16.9 Å². The summed E-state index contributed by atoms with van der Waals surface area (Å²) in [6, 6.07) is 25.7. The lowest BCUT2D eigenvalue weighted by molar-refractivity contribution is -0.384. The topological polar surface area (TPSA) is 110 Å². The summed E-state index contributed by atoms with van der Waals surface area (Å²) < 4.78 is 0. The van der Waals surface area contributed by atoms with Crippen LogP contribution in [-0.4, -0.2) is 27.9 Å². The number of carbonyl (C=O) groups excluding carboxylic acids is 3. The van der Waals surface area contributed by atoms with Crippen LogP contribution in [0.25, 0.3) is 10.8 Å². The number of anilines is 2. The Hall–Kier alpha value is -4.50. The van der Waals surface area contributed by atoms with Crippen molar-refractivity contribution in [3.63, 3.8) is 0 Å². The van der Waals surface area contributed by atoms with Crippen LogP contribution in [0.3, 0.4) is 0 Å². The number of hydrogen-bond acceptors (Lipinski definition) is 6. The molecule has 1 fully saturated rings. The molecule has 5 rings (SSSR count). The first kappa shape index (κ1) is 23.3. The average molecular weight is 498 g/mol. The van der Waals surface area contributed by atoms with E-state index in [1.165, 1.54) is 36.0 Å². The van der Waals surface area contributed by atoms with Gasteiger partial charge >= 0.3 is 0 Å². The molecule has 1 aliphatic heterocycles. The molecule has 3 amide bonds. The van der Waals surface area contributed by atoms with Crippen molar-refractivity contribution in [2.24, 2.45) is 0 Å². The molecule has 0 radical (unpaired) electrons. The van der Waals surface area contributed by atoms with Crippen LogP contribution in [0.1, 0.15) is 16.8 Å². The van der Waals surface area contributed by atoms with Gasteiger partial charge in [0, 0.05) is 34.7 Å². The van der Waals surface area contributed by atoms with Crippen molar-refractivity contribution >= 4 is 57.3 Å². The molecule has 0 aliphatic carbocycles. The first-order valence-corrected chi connectivity index (χ1v) is 12.0. The zero-order chi connectivity index (χ0) is 25.2. The van der Waals surface area contributed by atoms with Gasteiger partial charge in [0.15, 0.2) is 0 Å². The van der Waals surface area contributed by atoms with Gasteiger partial charge in [-0.3, -0.25) is 24.5 Å². The summed E-state index contributed by atoms with van der Waals surface area (Å²) in [5, 5.41) is 15.2. The summed E-state index contributed by atoms with van der Waals surface area (Å²) in [6.45, 7) is 0. The highest BCUT2D eigenvalue weighted by Gasteiger charge is 2.40. The number of rotatable bonds is 6. The molecule has 4 aromatic rings. The SMILES string of the molecule is O=C(Nc1ccc(SC2CC(=O)N(c3ccc([N+](=O)[O-])cc3)C2=O)cc1)c1ccc2ccccc2c1. The van der Waals surface area contributed by atoms with Crippen molar-refractivity contribution in [3.8, 4) is 0 Å². The smallest absolute Gasteiger partial charge is 0.269 e. The molecule has 1 atom stereocenters. The molecule has 1 unspecified atom stereocenters. The lowest BCUT2D eigenvalue weighted by atomic mass is 10.1. The number of nitro benzene ring substituents is 1. The Bertz CT molecular complexity index is 1500. The summed E-state index contributed by atoms with van der Waals surface area (Å²) in [7, 11) is 0. The highest BCUT2D eigenvalue weighted by atomic mass is 32.2. The molecule has 1 aliphatic rings. The minimum Gasteiger partial charge on any atom is -0.322 e. The molecule has 0 spiro atoms. The van der Waals surface area contributed by atoms with Crippen molar-refractivity contribution in [1.29, 1.82) is 0 Å². The molecule has 178 valence electrons. The number of carbonyl (C=O) groups is 3. The third kappa shape index (κ3) is 4.69. The second-order valence-corrected chi connectivity index (χ2v) is 9.47. The second-order valence-electron chi connectivity index (χ2n) is 8.19. The van der Waals surface area contributed by atoms with Crippen molar-refractivity contribution in [2.75, 3.05) is 10.2 Å². The molecule has 1 saturated heterocycles. The minimum absolute atomic E-state index is 0.0287. The Balaban J connectivity index is 1.23. The third-order valence-electron chi connectivity index (χ3n) is 5.83. The lowest BCUT2D eigenvalue weighted by Gasteiger charge is -2.14. The standard InChI is InChI=1S/C27H19N3O5S/c31-25-16-24(27(33)29(25)21-9-11-22(12-10-21)30(34)35)36-23-13-7-20(8-14-23)28-26(32)19-6-5-17-3-1-2-4-18(17)15-19/h1-15,24H,16H2,(H,28,32). The van der Waals surface area contributed by atoms with E-state index in [-0.39, 0.29) is 29.8 Å². The molecule has 0 bridgehead atoms. The number of non-ortho nitro benzene ring substituents is 1. The van der Waals surface area contributed by atoms with Gasteiger partial charge in [0.2, 0.25) is 11.8 Å². The number of nitrogens with zero attached hydrogens (tertiary/aromatic N) is 2. The number of nitrogens with one attached hydrogen (secondary N) is 1. The van der Waals surface area contributed by atoms with Crippen LogP contribution in [0, 0.1) is 10.1 Å². The molecule has 0 saturated carbocycles. The number of nitro groups is 1. The van der Waals surface area contributed by atoms with Gasteiger partial charge in [0.1, 0.15) is 0 Å². The molecular formula is C27H19N3O5S. The van der Waals surface area contributed by atoms with E-state index in [4.69, 9.17) is 0 Å². The molecule has 1 heterocycles. The molecule has 4 aromatic carbocycles. The largest absolute Gasteiger partial charge is 0.322 e. The van der Waals surface area contributed by atoms with E-state index in [2.05, 4.69) is 5.32 Å². The fourth-order valence-corrected chi connectivity index (χ4v) is 5.06. The highest BCUT2D eigenvalue weighted by molar-refractivity contribution is 8.00. The van der Waals surface area contributed by atoms with Gasteiger partial charge in [-0.25, -0.2) is 4.90 Å². The Kier molecular flexibility index (Phi) is 6.22. The van der Waals surface area contributed by atoms with Crippen molar-refractivity contribution in [2.45, 2.75) is 16.6 Å². The predicted octanol–water partition coefficient (Wildman–Crippen LogP) is 5.42. The number of fused-ring (bicyclic) bond motifs is 1. The number of amides is 3. The van der Waals surface area contributed by atoms with Crippen molar-refractivity contribution in [1.82, 2.24) is 0 Å². The average Bonchev–Trinajstić information content (AvgIpc) is 3.17. The summed E-state index contributed by atoms with van der Waals surface area (Å²) >= 11 is 1.26. The summed E-state index contributed by atoms with van der Waals surface area (Å²) in [6.07, 6.45) is 0.0287. The van der Waals surface area contributed by atoms with Crippen LogP contribution in [-0.2, 0) is 9.59 Å². The zero-order valence-electron chi connectivity index (χ0n) is 18.8. The van der Waals surface area contributed by atoms with E-state index >= 15 is 0 Å². The van der Waals surface area contributed by atoms with Gasteiger partial charge in [-0.1, -0.05) is 30.3 Å². The van der Waals surface area contributed by atoms with Crippen molar-refractivity contribution in [3.05, 3.63) is 107 Å². The van der Waals surface area contributed by atoms with Gasteiger partial charge < -0.3 is 5.32 Å². The van der Waals surface area contributed by atoms with E-state index in [1.54, 1.807) is 30.3 Å². The molecule has 0 aromatic heterocycles. The van der Waals surface area contributed by atoms with Crippen LogP contribution in [0.2, 0.25) is 0 Å². The molecule has 1 N–H and O–H groups in total. The molecular weight excluding hydrogens is 478 g/mol. The Labute approximate surface area is 210 Å². The summed E-state index contributed by atoms with van der Waals surface area (Å²) in [4.78, 5) is 50.2. The van der Waals surface area contributed by atoms with Gasteiger partial charge in [-0.2, -0.15) is 0 Å². The Morgan fingerprint density at radius 2 is 1.61 bits per heavy atom. The Morgan fingerprint density at radius 1 is 0.917 bits per heavy atom. The van der Waals surface area contributed by atoms with Gasteiger partial charge in [0.25, 0.3) is 11.6 Å². The van der Waals surface area contributed by atoms with Crippen LogP contribution >= 0.6 is 11.8 Å². The second kappa shape index (κ2) is 9.63. The first-order valence-electron chi connectivity index (χ1n) is 11.1. The fourth-order valence-electron chi connectivity index (χ4n) is 4.01. The van der Waals surface area contributed by atoms with Crippen LogP contribution in [0.5, 0.6) is 0 Å². The maximum Gasteiger partial charge on any atom is 0.269 e. The van der Waals surface area contributed by atoms with E-state index in [1.807, 2.05) is 36.4 Å². The van der Waals surface area contributed by atoms with Crippen LogP contribution < -0.4 is 10.2 Å². The van der Waals surface area contributed by atoms with E-state index in [9.17, 15) is 24.5 Å². The monoisotopic (exact) mass is 497 g/mol. The fraction of sp³-hybridized carbons (Fsp3) is 0.0741. The van der Waals surface area contributed by atoms with Crippen LogP contribution in [0.4, 0.5) is 17.1 Å². The maximum absolute atomic E-state index is 12.9. The number of benzene rings is 4. The van der Waals surface area contributed by atoms with Crippen LogP contribution in [0.15, 0.2) is 95.9 Å². The molecule has 9 heteroatoms. The maximum atomic E-state index is 12.9. The van der Waals surface area contributed by atoms with E-state index in [0.717, 1.165) is 20.6 Å². The molecule has 8 nitrogen and oxygen atoms in total. The first-order chi connectivity index (χ1) is 17.4. The minimum atomic E-state index is -0.606. The van der Waals surface area contributed by atoms with Crippen molar-refractivity contribution < 1.29 is 19.3 Å². The van der Waals surface area contributed by atoms with Gasteiger partial charge in [0.05, 0.1) is 15.9 Å². The quantitative estimate of drug-likeness (QED) is 0.216. The third-order valence-corrected chi connectivity index (χ3v) is 7.02. The summed E-state index contributed by atoms with van der Waals surface area (Å²) in [5.74, 6) is -0.949. The number of thioether (sulfide) groups is 1. The zero-order valence-corrected chi connectivity index (χ0v) is 19.6. The van der Waals surface area contributed by atoms with E-state index < -0.39 is 10.2 Å². The molecule has 36 heavy (non-hydrogen) atoms. The summed E-state index contributed by atoms with van der Waals surface area (Å²) in [5.41, 5.74) is 1.36. The number of imide groups is 1. The Morgan fingerprint density at radius 3 is 2.31 bits per heavy atom. The number of hydrogen-bond donors (Lipinski definition) is 1. The lowest BCUT2D eigenvalue weighted by Crippen LogP contribution is -2.31. The van der Waals surface area contributed by atoms with Gasteiger partial charge in [-0.15, -0.1) is 11.8 Å². The normalized spacial score (nSPS) is 15.3. The van der Waals surface area contributed by atoms with Gasteiger partial charge in [-0.05, 0) is 59.3 Å². The highest BCUT2D eigenvalue weighted by Crippen LogP contribution is 2.35. The predicted molar refractivity (Wildman–Crippen MR) is 138 cm³/mol.